The Morgan fingerprint density at radius 3 is 2.92 bits per heavy atom. The zero-order valence-electron chi connectivity index (χ0n) is 7.86. The predicted octanol–water partition coefficient (Wildman–Crippen LogP) is -0.117. The molecule has 0 radical (unpaired) electrons. The van der Waals surface area contributed by atoms with Crippen LogP contribution in [0.1, 0.15) is 26.2 Å². The quantitative estimate of drug-likeness (QED) is 0.643. The van der Waals surface area contributed by atoms with Gasteiger partial charge in [-0.1, -0.05) is 0 Å². The molecule has 0 aromatic heterocycles. The number of aliphatic hydroxyl groups excluding tert-OH is 1. The minimum absolute atomic E-state index is 0.123. The second-order valence-corrected chi connectivity index (χ2v) is 4.13. The fraction of sp³-hybridized carbons (Fsp3) is 0.889. The number of nitrogens with zero attached hydrogens (tertiary/aromatic N) is 1. The van der Waals surface area contributed by atoms with Gasteiger partial charge in [0.2, 0.25) is 5.91 Å². The summed E-state index contributed by atoms with van der Waals surface area (Å²) >= 11 is 0. The largest absolute Gasteiger partial charge is 0.392 e. The molecule has 1 saturated heterocycles. The van der Waals surface area contributed by atoms with Gasteiger partial charge in [-0.05, 0) is 25.7 Å². The Balaban J connectivity index is 1.87. The first-order chi connectivity index (χ1) is 6.16. The average Bonchev–Trinajstić information content (AvgIpc) is 2.79. The van der Waals surface area contributed by atoms with Crippen molar-refractivity contribution in [3.8, 4) is 0 Å². The molecule has 2 atom stereocenters. The molecule has 2 N–H and O–H groups in total. The van der Waals surface area contributed by atoms with E-state index in [0.29, 0.717) is 24.9 Å². The fourth-order valence-electron chi connectivity index (χ4n) is 1.81. The van der Waals surface area contributed by atoms with Crippen LogP contribution < -0.4 is 5.43 Å². The zero-order valence-corrected chi connectivity index (χ0v) is 7.86. The number of rotatable bonds is 3. The Bertz CT molecular complexity index is 214. The van der Waals surface area contributed by atoms with E-state index >= 15 is 0 Å². The number of aliphatic hydroxyl groups is 1. The van der Waals surface area contributed by atoms with E-state index in [0.717, 1.165) is 0 Å². The second-order valence-electron chi connectivity index (χ2n) is 4.13. The number of hydrazine groups is 1. The van der Waals surface area contributed by atoms with E-state index in [-0.39, 0.29) is 5.91 Å². The normalized spacial score (nSPS) is 31.1. The minimum Gasteiger partial charge on any atom is -0.392 e. The Morgan fingerprint density at radius 1 is 1.69 bits per heavy atom. The van der Waals surface area contributed by atoms with Crippen molar-refractivity contribution in [1.29, 1.82) is 0 Å². The Hall–Kier alpha value is -0.610. The van der Waals surface area contributed by atoms with Crippen LogP contribution in [0.3, 0.4) is 0 Å². The van der Waals surface area contributed by atoms with Crippen LogP contribution >= 0.6 is 0 Å². The number of hydrogen-bond acceptors (Lipinski definition) is 3. The van der Waals surface area contributed by atoms with Crippen LogP contribution in [-0.4, -0.2) is 34.7 Å². The molecule has 4 nitrogen and oxygen atoms in total. The zero-order chi connectivity index (χ0) is 9.42. The summed E-state index contributed by atoms with van der Waals surface area (Å²) in [6.07, 6.45) is 2.65. The van der Waals surface area contributed by atoms with Crippen molar-refractivity contribution in [2.24, 2.45) is 5.92 Å². The first-order valence-electron chi connectivity index (χ1n) is 4.91. The van der Waals surface area contributed by atoms with Crippen molar-refractivity contribution < 1.29 is 9.90 Å². The molecule has 1 heterocycles. The summed E-state index contributed by atoms with van der Waals surface area (Å²) in [5.74, 6) is 0.820. The van der Waals surface area contributed by atoms with E-state index in [4.69, 9.17) is 5.11 Å². The van der Waals surface area contributed by atoms with Crippen LogP contribution in [0.5, 0.6) is 0 Å². The molecule has 2 rings (SSSR count). The van der Waals surface area contributed by atoms with Crippen molar-refractivity contribution in [1.82, 2.24) is 10.4 Å². The second kappa shape index (κ2) is 3.27. The molecular formula is C9H16N2O2. The fourth-order valence-corrected chi connectivity index (χ4v) is 1.81. The van der Waals surface area contributed by atoms with E-state index < -0.39 is 6.10 Å². The number of amides is 1. The van der Waals surface area contributed by atoms with Crippen molar-refractivity contribution in [3.05, 3.63) is 0 Å². The smallest absolute Gasteiger partial charge is 0.238 e. The molecule has 4 heteroatoms. The van der Waals surface area contributed by atoms with Gasteiger partial charge in [0.15, 0.2) is 0 Å². The van der Waals surface area contributed by atoms with Crippen LogP contribution in [0, 0.1) is 5.92 Å². The standard InChI is InChI=1S/C9H16N2O2/c1-6(12)5-11-9(13)4-8(10-11)7-2-3-7/h6-8,10,12H,2-5H2,1H3. The summed E-state index contributed by atoms with van der Waals surface area (Å²) in [5, 5.41) is 10.7. The first-order valence-corrected chi connectivity index (χ1v) is 4.91. The van der Waals surface area contributed by atoms with Gasteiger partial charge in [-0.15, -0.1) is 0 Å². The lowest BCUT2D eigenvalue weighted by atomic mass is 10.1. The van der Waals surface area contributed by atoms with Crippen molar-refractivity contribution >= 4 is 5.91 Å². The van der Waals surface area contributed by atoms with Crippen molar-refractivity contribution in [2.45, 2.75) is 38.3 Å². The SMILES string of the molecule is CC(O)CN1NC(C2CC2)CC1=O. The highest BCUT2D eigenvalue weighted by molar-refractivity contribution is 5.78. The number of carbonyl (C=O) groups is 1. The van der Waals surface area contributed by atoms with Gasteiger partial charge in [0.05, 0.1) is 12.6 Å². The molecule has 1 aliphatic carbocycles. The minimum atomic E-state index is -0.450. The van der Waals surface area contributed by atoms with Crippen LogP contribution in [-0.2, 0) is 4.79 Å². The molecule has 0 bridgehead atoms. The molecule has 2 fully saturated rings. The topological polar surface area (TPSA) is 52.6 Å². The van der Waals surface area contributed by atoms with Gasteiger partial charge in [-0.2, -0.15) is 0 Å². The third kappa shape index (κ3) is 2.00. The molecule has 0 aromatic carbocycles. The van der Waals surface area contributed by atoms with E-state index in [1.807, 2.05) is 0 Å². The predicted molar refractivity (Wildman–Crippen MR) is 47.7 cm³/mol. The van der Waals surface area contributed by atoms with Gasteiger partial charge in [-0.25, -0.2) is 5.43 Å². The molecule has 0 aromatic rings. The molecule has 1 saturated carbocycles. The molecule has 1 amide bonds. The summed E-state index contributed by atoms with van der Waals surface area (Å²) in [6.45, 7) is 2.10. The van der Waals surface area contributed by atoms with E-state index in [1.165, 1.54) is 12.8 Å². The highest BCUT2D eigenvalue weighted by Crippen LogP contribution is 2.36. The van der Waals surface area contributed by atoms with Gasteiger partial charge >= 0.3 is 0 Å². The number of β-amino-alcohol motifs (C(OH)–C–C–N with tert-alkyl or cyclic N) is 1. The van der Waals surface area contributed by atoms with Crippen molar-refractivity contribution in [3.63, 3.8) is 0 Å². The van der Waals surface area contributed by atoms with E-state index in [2.05, 4.69) is 5.43 Å². The van der Waals surface area contributed by atoms with Crippen LogP contribution in [0.2, 0.25) is 0 Å². The van der Waals surface area contributed by atoms with Crippen LogP contribution in [0.25, 0.3) is 0 Å². The van der Waals surface area contributed by atoms with E-state index in [9.17, 15) is 4.79 Å². The van der Waals surface area contributed by atoms with E-state index in [1.54, 1.807) is 11.9 Å². The van der Waals surface area contributed by atoms with Gasteiger partial charge in [0.25, 0.3) is 0 Å². The molecule has 2 aliphatic rings. The highest BCUT2D eigenvalue weighted by Gasteiger charge is 2.39. The molecule has 13 heavy (non-hydrogen) atoms. The third-order valence-corrected chi connectivity index (χ3v) is 2.66. The maximum atomic E-state index is 11.4. The number of nitrogens with one attached hydrogen (secondary N) is 1. The molecule has 2 unspecified atom stereocenters. The Kier molecular flexibility index (Phi) is 2.26. The Labute approximate surface area is 77.9 Å². The number of carbonyl (C=O) groups excluding carboxylic acids is 1. The van der Waals surface area contributed by atoms with Crippen LogP contribution in [0.4, 0.5) is 0 Å². The molecule has 1 aliphatic heterocycles. The molecular weight excluding hydrogens is 168 g/mol. The first kappa shape index (κ1) is 8.97. The van der Waals surface area contributed by atoms with Gasteiger partial charge < -0.3 is 5.11 Å². The lowest BCUT2D eigenvalue weighted by Gasteiger charge is -2.19. The third-order valence-electron chi connectivity index (χ3n) is 2.66. The lowest BCUT2D eigenvalue weighted by Crippen LogP contribution is -2.42. The summed E-state index contributed by atoms with van der Waals surface area (Å²) in [4.78, 5) is 11.4. The highest BCUT2D eigenvalue weighted by atomic mass is 16.3. The summed E-state index contributed by atoms with van der Waals surface area (Å²) in [7, 11) is 0. The maximum Gasteiger partial charge on any atom is 0.238 e. The number of hydrogen-bond donors (Lipinski definition) is 2. The molecule has 0 spiro atoms. The molecule has 74 valence electrons. The summed E-state index contributed by atoms with van der Waals surface area (Å²) < 4.78 is 0. The maximum absolute atomic E-state index is 11.4. The van der Waals surface area contributed by atoms with Gasteiger partial charge in [-0.3, -0.25) is 9.80 Å². The summed E-state index contributed by atoms with van der Waals surface area (Å²) in [6, 6.07) is 0.339. The van der Waals surface area contributed by atoms with Gasteiger partial charge in [0, 0.05) is 12.5 Å². The van der Waals surface area contributed by atoms with Crippen molar-refractivity contribution in [2.75, 3.05) is 6.54 Å². The monoisotopic (exact) mass is 184 g/mol. The van der Waals surface area contributed by atoms with Gasteiger partial charge in [0.1, 0.15) is 0 Å². The Morgan fingerprint density at radius 2 is 2.38 bits per heavy atom. The average molecular weight is 184 g/mol. The summed E-state index contributed by atoms with van der Waals surface area (Å²) in [5.41, 5.74) is 3.16. The lowest BCUT2D eigenvalue weighted by molar-refractivity contribution is -0.130. The van der Waals surface area contributed by atoms with Crippen LogP contribution in [0.15, 0.2) is 0 Å².